The third kappa shape index (κ3) is 1680. The monoisotopic (exact) mass is 210 g/mol. The fraction of sp³-hybridized carbons (Fsp3) is 0.500. The van der Waals surface area contributed by atoms with Gasteiger partial charge >= 0.3 is 25.8 Å². The normalized spacial score (nSPS) is 3.57. The SMILES string of the molecule is CC(=O)[O-].O.O.[In+]. The molecule has 0 aromatic carbocycles. The van der Waals surface area contributed by atoms with Crippen molar-refractivity contribution in [1.29, 1.82) is 0 Å². The first-order valence-electron chi connectivity index (χ1n) is 0.908. The van der Waals surface area contributed by atoms with Gasteiger partial charge in [-0.05, 0) is 6.92 Å². The summed E-state index contributed by atoms with van der Waals surface area (Å²) in [5, 5.41) is 8.89. The van der Waals surface area contributed by atoms with Crippen molar-refractivity contribution in [2.75, 3.05) is 0 Å². The molecule has 0 aliphatic heterocycles. The van der Waals surface area contributed by atoms with Crippen LogP contribution in [0.2, 0.25) is 0 Å². The van der Waals surface area contributed by atoms with E-state index in [0.29, 0.717) is 0 Å². The molecule has 0 saturated heterocycles. The first-order chi connectivity index (χ1) is 1.73. The number of carbonyl (C=O) groups excluding carboxylic acids is 1. The second-order valence-electron chi connectivity index (χ2n) is 0.492. The van der Waals surface area contributed by atoms with Crippen molar-refractivity contribution in [2.45, 2.75) is 6.92 Å². The molecule has 0 heterocycles. The number of hydrogen-bond donors (Lipinski definition) is 0. The summed E-state index contributed by atoms with van der Waals surface area (Å²) in [6.45, 7) is 0.972. The summed E-state index contributed by atoms with van der Waals surface area (Å²) >= 11 is 0. The van der Waals surface area contributed by atoms with Gasteiger partial charge in [0.2, 0.25) is 0 Å². The zero-order valence-electron chi connectivity index (χ0n) is 3.89. The van der Waals surface area contributed by atoms with E-state index in [4.69, 9.17) is 9.90 Å². The number of aliphatic carboxylic acids is 1. The van der Waals surface area contributed by atoms with Gasteiger partial charge < -0.3 is 20.9 Å². The van der Waals surface area contributed by atoms with Crippen molar-refractivity contribution < 1.29 is 20.9 Å². The van der Waals surface area contributed by atoms with Crippen LogP contribution in [0.25, 0.3) is 0 Å². The van der Waals surface area contributed by atoms with Crippen LogP contribution in [0.4, 0.5) is 0 Å². The van der Waals surface area contributed by atoms with E-state index in [1.54, 1.807) is 0 Å². The molecular formula is C2H7InO4. The molecule has 0 aliphatic rings. The predicted octanol–water partition coefficient (Wildman–Crippen LogP) is -3.27. The smallest absolute Gasteiger partial charge is 0.550 e. The van der Waals surface area contributed by atoms with Gasteiger partial charge in [-0.25, -0.2) is 0 Å². The molecule has 4 N–H and O–H groups in total. The Morgan fingerprint density at radius 1 is 1.43 bits per heavy atom. The molecule has 2 radical (unpaired) electrons. The number of carboxylic acid groups (broad SMARTS) is 1. The summed E-state index contributed by atoms with van der Waals surface area (Å²) in [5.74, 6) is -1.08. The van der Waals surface area contributed by atoms with Crippen LogP contribution in [0.5, 0.6) is 0 Å². The van der Waals surface area contributed by atoms with Gasteiger partial charge in [0.25, 0.3) is 0 Å². The number of hydrogen-bond acceptors (Lipinski definition) is 2. The molecule has 42 valence electrons. The Hall–Kier alpha value is 0.260. The minimum atomic E-state index is -1.08. The van der Waals surface area contributed by atoms with E-state index in [9.17, 15) is 0 Å². The molecule has 0 saturated carbocycles. The average Bonchev–Trinajstić information content (AvgIpc) is 0.811. The first-order valence-corrected chi connectivity index (χ1v) is 0.908. The minimum Gasteiger partial charge on any atom is -0.550 e. The van der Waals surface area contributed by atoms with Gasteiger partial charge in [0.05, 0.1) is 0 Å². The second-order valence-corrected chi connectivity index (χ2v) is 0.492. The maximum atomic E-state index is 8.89. The predicted molar refractivity (Wildman–Crippen MR) is 23.7 cm³/mol. The largest absolute Gasteiger partial charge is 1.00 e. The summed E-state index contributed by atoms with van der Waals surface area (Å²) in [7, 11) is 0. The third-order valence-electron chi connectivity index (χ3n) is 0. The molecule has 0 bridgehead atoms. The Bertz CT molecular complexity index is 32.7. The van der Waals surface area contributed by atoms with E-state index in [0.717, 1.165) is 6.92 Å². The quantitative estimate of drug-likeness (QED) is 0.418. The van der Waals surface area contributed by atoms with Gasteiger partial charge in [-0.1, -0.05) is 0 Å². The van der Waals surface area contributed by atoms with E-state index in [1.165, 1.54) is 0 Å². The molecule has 0 unspecified atom stereocenters. The van der Waals surface area contributed by atoms with Crippen molar-refractivity contribution in [3.63, 3.8) is 0 Å². The fourth-order valence-corrected chi connectivity index (χ4v) is 0. The van der Waals surface area contributed by atoms with Crippen LogP contribution in [-0.4, -0.2) is 42.8 Å². The summed E-state index contributed by atoms with van der Waals surface area (Å²) < 4.78 is 0. The standard InChI is InChI=1S/C2H4O2.In.2H2O/c1-2(3)4;;;/h1H3,(H,3,4);;2*1H2/q;+1;;/p-1. The Morgan fingerprint density at radius 3 is 1.43 bits per heavy atom. The van der Waals surface area contributed by atoms with Crippen molar-refractivity contribution in [1.82, 2.24) is 0 Å². The van der Waals surface area contributed by atoms with E-state index in [1.807, 2.05) is 0 Å². The molecule has 5 heteroatoms. The average molecular weight is 210 g/mol. The molecular weight excluding hydrogens is 203 g/mol. The van der Waals surface area contributed by atoms with Gasteiger partial charge in [-0.3, -0.25) is 0 Å². The second kappa shape index (κ2) is 16.3. The van der Waals surface area contributed by atoms with E-state index < -0.39 is 5.97 Å². The summed E-state index contributed by atoms with van der Waals surface area (Å²) in [5.41, 5.74) is 0. The minimum absolute atomic E-state index is 0. The van der Waals surface area contributed by atoms with E-state index in [2.05, 4.69) is 0 Å². The molecule has 0 fully saturated rings. The molecule has 0 spiro atoms. The van der Waals surface area contributed by atoms with Crippen LogP contribution in [-0.2, 0) is 4.79 Å². The maximum absolute atomic E-state index is 8.89. The summed E-state index contributed by atoms with van der Waals surface area (Å²) in [6.07, 6.45) is 0. The van der Waals surface area contributed by atoms with Crippen molar-refractivity contribution in [3.05, 3.63) is 0 Å². The zero-order valence-corrected chi connectivity index (χ0v) is 7.19. The third-order valence-corrected chi connectivity index (χ3v) is 0. The van der Waals surface area contributed by atoms with Gasteiger partial charge in [0, 0.05) is 5.97 Å². The van der Waals surface area contributed by atoms with Gasteiger partial charge in [-0.15, -0.1) is 0 Å². The summed E-state index contributed by atoms with van der Waals surface area (Å²) in [4.78, 5) is 8.89. The van der Waals surface area contributed by atoms with Crippen LogP contribution in [0.3, 0.4) is 0 Å². The Kier molecular flexibility index (Phi) is 62.3. The Balaban J connectivity index is -0.0000000150. The topological polar surface area (TPSA) is 103 Å². The zero-order chi connectivity index (χ0) is 3.58. The van der Waals surface area contributed by atoms with Crippen molar-refractivity contribution in [3.8, 4) is 0 Å². The Labute approximate surface area is 59.9 Å². The van der Waals surface area contributed by atoms with Crippen LogP contribution in [0.1, 0.15) is 6.92 Å². The molecule has 0 rings (SSSR count). The molecule has 0 amide bonds. The van der Waals surface area contributed by atoms with Crippen LogP contribution in [0, 0.1) is 0 Å². The van der Waals surface area contributed by atoms with Gasteiger partial charge in [-0.2, -0.15) is 0 Å². The van der Waals surface area contributed by atoms with Crippen LogP contribution in [0.15, 0.2) is 0 Å². The first kappa shape index (κ1) is 26.8. The van der Waals surface area contributed by atoms with E-state index >= 15 is 0 Å². The van der Waals surface area contributed by atoms with Crippen LogP contribution >= 0.6 is 0 Å². The number of carboxylic acids is 1. The molecule has 4 nitrogen and oxygen atoms in total. The molecule has 0 atom stereocenters. The van der Waals surface area contributed by atoms with Crippen molar-refractivity contribution >= 4 is 31.8 Å². The van der Waals surface area contributed by atoms with Crippen molar-refractivity contribution in [2.24, 2.45) is 0 Å². The molecule has 0 aromatic rings. The molecule has 7 heavy (non-hydrogen) atoms. The summed E-state index contributed by atoms with van der Waals surface area (Å²) in [6, 6.07) is 0. The molecule has 0 aliphatic carbocycles. The van der Waals surface area contributed by atoms with Gasteiger partial charge in [0.1, 0.15) is 0 Å². The fourth-order valence-electron chi connectivity index (χ4n) is 0. The maximum Gasteiger partial charge on any atom is 1.00 e. The van der Waals surface area contributed by atoms with E-state index in [-0.39, 0.29) is 36.8 Å². The number of rotatable bonds is 0. The molecule has 0 aromatic heterocycles. The van der Waals surface area contributed by atoms with Gasteiger partial charge in [0.15, 0.2) is 0 Å². The Morgan fingerprint density at radius 2 is 1.43 bits per heavy atom. The number of carbonyl (C=O) groups is 1. The van der Waals surface area contributed by atoms with Crippen LogP contribution < -0.4 is 5.11 Å².